The van der Waals surface area contributed by atoms with Crippen LogP contribution in [0.4, 0.5) is 5.69 Å². The Morgan fingerprint density at radius 3 is 2.50 bits per heavy atom. The Morgan fingerprint density at radius 2 is 1.82 bits per heavy atom. The molecular weight excluding hydrogens is 380 g/mol. The highest BCUT2D eigenvalue weighted by Gasteiger charge is 2.22. The quantitative estimate of drug-likeness (QED) is 0.801. The lowest BCUT2D eigenvalue weighted by molar-refractivity contribution is -0.130. The van der Waals surface area contributed by atoms with Gasteiger partial charge in [-0.25, -0.2) is 4.98 Å². The van der Waals surface area contributed by atoms with E-state index < -0.39 is 5.91 Å². The summed E-state index contributed by atoms with van der Waals surface area (Å²) < 4.78 is 5.29. The molecule has 0 spiro atoms. The average molecular weight is 403 g/mol. The van der Waals surface area contributed by atoms with Gasteiger partial charge in [0.1, 0.15) is 0 Å². The van der Waals surface area contributed by atoms with Crippen molar-refractivity contribution in [1.29, 1.82) is 0 Å². The first-order valence-corrected chi connectivity index (χ1v) is 9.61. The summed E-state index contributed by atoms with van der Waals surface area (Å²) in [4.78, 5) is 32.9. The number of pyridine rings is 1. The minimum Gasteiger partial charge on any atom is -0.478 e. The van der Waals surface area contributed by atoms with Gasteiger partial charge in [0.2, 0.25) is 11.8 Å². The van der Waals surface area contributed by atoms with Crippen LogP contribution in [0.3, 0.4) is 0 Å². The second-order valence-corrected chi connectivity index (χ2v) is 6.71. The highest BCUT2D eigenvalue weighted by Crippen LogP contribution is 2.18. The summed E-state index contributed by atoms with van der Waals surface area (Å²) in [7, 11) is 0. The van der Waals surface area contributed by atoms with Gasteiger partial charge in [-0.2, -0.15) is 0 Å². The molecule has 0 saturated carbocycles. The maximum absolute atomic E-state index is 12.4. The molecule has 1 aromatic heterocycles. The fourth-order valence-electron chi connectivity index (χ4n) is 3.02. The highest BCUT2D eigenvalue weighted by atomic mass is 35.5. The maximum atomic E-state index is 12.4. The Labute approximate surface area is 169 Å². The Balaban J connectivity index is 1.51. The largest absolute Gasteiger partial charge is 0.478 e. The molecule has 1 aromatic carbocycles. The number of carbonyl (C=O) groups excluding carboxylic acids is 2. The van der Waals surface area contributed by atoms with E-state index in [4.69, 9.17) is 16.3 Å². The van der Waals surface area contributed by atoms with E-state index in [0.717, 1.165) is 18.8 Å². The predicted molar refractivity (Wildman–Crippen MR) is 108 cm³/mol. The first-order chi connectivity index (χ1) is 13.6. The number of halogens is 1. The summed E-state index contributed by atoms with van der Waals surface area (Å²) in [6.07, 6.45) is 0. The molecule has 3 rings (SSSR count). The van der Waals surface area contributed by atoms with E-state index in [1.807, 2.05) is 25.1 Å². The average Bonchev–Trinajstić information content (AvgIpc) is 2.74. The Kier molecular flexibility index (Phi) is 6.71. The summed E-state index contributed by atoms with van der Waals surface area (Å²) in [5, 5.41) is 2.82. The first kappa shape index (κ1) is 19.9. The monoisotopic (exact) mass is 402 g/mol. The molecule has 0 unspecified atom stereocenters. The van der Waals surface area contributed by atoms with Gasteiger partial charge in [-0.15, -0.1) is 0 Å². The molecule has 0 aliphatic carbocycles. The molecule has 0 radical (unpaired) electrons. The van der Waals surface area contributed by atoms with E-state index in [2.05, 4.69) is 27.3 Å². The van der Waals surface area contributed by atoms with E-state index in [-0.39, 0.29) is 23.2 Å². The Hall–Kier alpha value is -2.80. The number of rotatable bonds is 6. The number of ether oxygens (including phenoxy) is 1. The van der Waals surface area contributed by atoms with E-state index in [0.29, 0.717) is 25.6 Å². The highest BCUT2D eigenvalue weighted by molar-refractivity contribution is 6.33. The number of para-hydroxylation sites is 1. The molecule has 1 fully saturated rings. The third-order valence-electron chi connectivity index (χ3n) is 4.48. The van der Waals surface area contributed by atoms with Gasteiger partial charge in [0.25, 0.3) is 5.91 Å². The van der Waals surface area contributed by atoms with Crippen LogP contribution in [-0.4, -0.2) is 61.0 Å². The van der Waals surface area contributed by atoms with Gasteiger partial charge in [-0.05, 0) is 25.1 Å². The molecule has 1 aliphatic heterocycles. The van der Waals surface area contributed by atoms with E-state index >= 15 is 0 Å². The number of benzene rings is 1. The van der Waals surface area contributed by atoms with Gasteiger partial charge in [0, 0.05) is 37.9 Å². The van der Waals surface area contributed by atoms with Crippen molar-refractivity contribution in [3.8, 4) is 5.88 Å². The van der Waals surface area contributed by atoms with E-state index in [1.54, 1.807) is 17.0 Å². The van der Waals surface area contributed by atoms with Crippen LogP contribution >= 0.6 is 11.6 Å². The molecule has 1 saturated heterocycles. The smallest absolute Gasteiger partial charge is 0.272 e. The van der Waals surface area contributed by atoms with Crippen molar-refractivity contribution >= 4 is 29.1 Å². The van der Waals surface area contributed by atoms with Crippen LogP contribution in [0, 0.1) is 0 Å². The van der Waals surface area contributed by atoms with Crippen LogP contribution in [0.15, 0.2) is 42.5 Å². The lowest BCUT2D eigenvalue weighted by atomic mass is 10.2. The molecule has 7 nitrogen and oxygen atoms in total. The van der Waals surface area contributed by atoms with E-state index in [1.165, 1.54) is 0 Å². The van der Waals surface area contributed by atoms with Gasteiger partial charge < -0.3 is 19.9 Å². The number of hydrogen-bond acceptors (Lipinski definition) is 5. The van der Waals surface area contributed by atoms with Gasteiger partial charge in [0.15, 0.2) is 5.69 Å². The first-order valence-electron chi connectivity index (χ1n) is 9.23. The van der Waals surface area contributed by atoms with Crippen LogP contribution in [-0.2, 0) is 4.79 Å². The van der Waals surface area contributed by atoms with Crippen LogP contribution in [0.25, 0.3) is 0 Å². The minimum absolute atomic E-state index is 0.0503. The molecule has 1 N–H and O–H groups in total. The van der Waals surface area contributed by atoms with E-state index in [9.17, 15) is 9.59 Å². The molecule has 0 bridgehead atoms. The minimum atomic E-state index is -0.497. The molecular formula is C20H23ClN4O3. The number of amides is 2. The van der Waals surface area contributed by atoms with Crippen molar-refractivity contribution in [2.45, 2.75) is 6.92 Å². The molecule has 1 aliphatic rings. The fraction of sp³-hybridized carbons (Fsp3) is 0.350. The van der Waals surface area contributed by atoms with Crippen molar-refractivity contribution < 1.29 is 14.3 Å². The third-order valence-corrected chi connectivity index (χ3v) is 4.79. The van der Waals surface area contributed by atoms with Gasteiger partial charge >= 0.3 is 0 Å². The zero-order valence-corrected chi connectivity index (χ0v) is 16.5. The number of anilines is 1. The second-order valence-electron chi connectivity index (χ2n) is 6.30. The third kappa shape index (κ3) is 4.92. The normalized spacial score (nSPS) is 13.9. The van der Waals surface area contributed by atoms with Crippen molar-refractivity contribution in [2.75, 3.05) is 44.2 Å². The summed E-state index contributed by atoms with van der Waals surface area (Å²) in [6.45, 7) is 4.91. The lowest BCUT2D eigenvalue weighted by Gasteiger charge is -2.36. The molecule has 28 heavy (non-hydrogen) atoms. The molecule has 2 heterocycles. The second kappa shape index (κ2) is 9.41. The predicted octanol–water partition coefficient (Wildman–Crippen LogP) is 2.21. The number of hydrogen-bond donors (Lipinski definition) is 1. The molecule has 148 valence electrons. The maximum Gasteiger partial charge on any atom is 0.272 e. The summed E-state index contributed by atoms with van der Waals surface area (Å²) in [6, 6.07) is 13.3. The summed E-state index contributed by atoms with van der Waals surface area (Å²) in [5.41, 5.74) is 1.20. The van der Waals surface area contributed by atoms with Crippen molar-refractivity contribution in [3.63, 3.8) is 0 Å². The number of aromatic nitrogens is 1. The number of piperazine rings is 1. The fourth-order valence-corrected chi connectivity index (χ4v) is 3.21. The summed E-state index contributed by atoms with van der Waals surface area (Å²) in [5.74, 6) is -0.304. The Bertz CT molecular complexity index is 823. The summed E-state index contributed by atoms with van der Waals surface area (Å²) >= 11 is 6.05. The van der Waals surface area contributed by atoms with Gasteiger partial charge in [-0.1, -0.05) is 29.8 Å². The topological polar surface area (TPSA) is 74.8 Å². The number of nitrogens with zero attached hydrogens (tertiary/aromatic N) is 3. The SMILES string of the molecule is CCOc1ccc(Cl)c(C(=O)NCC(=O)N2CCN(c3ccccc3)CC2)n1. The standard InChI is InChI=1S/C20H23ClN4O3/c1-2-28-17-9-8-16(21)19(23-17)20(27)22-14-18(26)25-12-10-24(11-13-25)15-6-4-3-5-7-15/h3-9H,2,10-14H2,1H3,(H,22,27). The molecule has 2 amide bonds. The molecule has 8 heteroatoms. The van der Waals surface area contributed by atoms with Crippen molar-refractivity contribution in [1.82, 2.24) is 15.2 Å². The van der Waals surface area contributed by atoms with Gasteiger partial charge in [0.05, 0.1) is 18.2 Å². The zero-order valence-electron chi connectivity index (χ0n) is 15.7. The van der Waals surface area contributed by atoms with Crippen LogP contribution in [0.5, 0.6) is 5.88 Å². The molecule has 2 aromatic rings. The van der Waals surface area contributed by atoms with Crippen molar-refractivity contribution in [2.24, 2.45) is 0 Å². The molecule has 0 atom stereocenters. The number of carbonyl (C=O) groups is 2. The zero-order chi connectivity index (χ0) is 19.9. The number of nitrogens with one attached hydrogen (secondary N) is 1. The van der Waals surface area contributed by atoms with Crippen LogP contribution in [0.1, 0.15) is 17.4 Å². The van der Waals surface area contributed by atoms with Crippen LogP contribution in [0.2, 0.25) is 5.02 Å². The lowest BCUT2D eigenvalue weighted by Crippen LogP contribution is -2.51. The van der Waals surface area contributed by atoms with Gasteiger partial charge in [-0.3, -0.25) is 9.59 Å². The Morgan fingerprint density at radius 1 is 1.11 bits per heavy atom. The van der Waals surface area contributed by atoms with Crippen LogP contribution < -0.4 is 15.0 Å². The van der Waals surface area contributed by atoms with Crippen molar-refractivity contribution in [3.05, 3.63) is 53.2 Å².